The van der Waals surface area contributed by atoms with Crippen molar-refractivity contribution in [3.05, 3.63) is 86.0 Å². The summed E-state index contributed by atoms with van der Waals surface area (Å²) in [6.45, 7) is 2.56. The zero-order chi connectivity index (χ0) is 20.7. The average molecular weight is 438 g/mol. The fraction of sp³-hybridized carbons (Fsp3) is 0.217. The molecule has 5 nitrogen and oxygen atoms in total. The standard InChI is InChI=1S/C23H21ClN4OS/c1-27-11-10-18-19(14-27)30-21-20(18)22(29)28(17-9-5-8-16(24)12-17)23(26-21)25-13-15-6-3-2-4-7-15/h2-9,12H,10-11,13-14H2,1H3,(H,25,26)/p+1. The Bertz CT molecular complexity index is 1280. The number of likely N-dealkylation sites (N-methyl/N-ethyl adjacent to an activating group) is 1. The molecule has 0 radical (unpaired) electrons. The summed E-state index contributed by atoms with van der Waals surface area (Å²) in [4.78, 5) is 22.2. The van der Waals surface area contributed by atoms with Gasteiger partial charge in [0.05, 0.1) is 29.5 Å². The minimum atomic E-state index is -0.0325. The Morgan fingerprint density at radius 2 is 2.03 bits per heavy atom. The van der Waals surface area contributed by atoms with Crippen molar-refractivity contribution in [1.29, 1.82) is 0 Å². The molecule has 152 valence electrons. The molecule has 0 amide bonds. The van der Waals surface area contributed by atoms with Crippen molar-refractivity contribution >= 4 is 39.1 Å². The number of hydrogen-bond donors (Lipinski definition) is 2. The fourth-order valence-electron chi connectivity index (χ4n) is 4.01. The lowest BCUT2D eigenvalue weighted by Gasteiger charge is -2.19. The molecule has 0 saturated heterocycles. The van der Waals surface area contributed by atoms with Gasteiger partial charge in [0, 0.05) is 18.0 Å². The molecule has 2 aromatic carbocycles. The highest BCUT2D eigenvalue weighted by molar-refractivity contribution is 7.18. The third kappa shape index (κ3) is 3.51. The van der Waals surface area contributed by atoms with Crippen LogP contribution in [0.4, 0.5) is 5.95 Å². The first-order valence-corrected chi connectivity index (χ1v) is 11.2. The number of fused-ring (bicyclic) bond motifs is 3. The summed E-state index contributed by atoms with van der Waals surface area (Å²) in [5.74, 6) is 0.540. The van der Waals surface area contributed by atoms with Gasteiger partial charge in [0.2, 0.25) is 5.95 Å². The van der Waals surface area contributed by atoms with E-state index in [0.29, 0.717) is 17.5 Å². The maximum Gasteiger partial charge on any atom is 0.268 e. The molecule has 1 atom stereocenters. The number of nitrogens with one attached hydrogen (secondary N) is 2. The maximum atomic E-state index is 13.7. The van der Waals surface area contributed by atoms with E-state index < -0.39 is 0 Å². The Morgan fingerprint density at radius 1 is 1.20 bits per heavy atom. The van der Waals surface area contributed by atoms with Crippen LogP contribution in [-0.2, 0) is 19.5 Å². The summed E-state index contributed by atoms with van der Waals surface area (Å²) >= 11 is 7.89. The highest BCUT2D eigenvalue weighted by atomic mass is 35.5. The van der Waals surface area contributed by atoms with Gasteiger partial charge < -0.3 is 10.2 Å². The van der Waals surface area contributed by atoms with Crippen molar-refractivity contribution in [2.45, 2.75) is 19.5 Å². The van der Waals surface area contributed by atoms with Crippen molar-refractivity contribution in [3.63, 3.8) is 0 Å². The molecule has 2 N–H and O–H groups in total. The molecule has 4 aromatic rings. The van der Waals surface area contributed by atoms with E-state index in [4.69, 9.17) is 16.6 Å². The fourth-order valence-corrected chi connectivity index (χ4v) is 5.52. The number of halogens is 1. The Balaban J connectivity index is 1.68. The molecule has 7 heteroatoms. The Morgan fingerprint density at radius 3 is 2.83 bits per heavy atom. The molecule has 0 fully saturated rings. The van der Waals surface area contributed by atoms with Gasteiger partial charge in [0.15, 0.2) is 0 Å². The van der Waals surface area contributed by atoms with Crippen LogP contribution in [0.3, 0.4) is 0 Å². The van der Waals surface area contributed by atoms with Crippen LogP contribution in [0, 0.1) is 0 Å². The second-order valence-electron chi connectivity index (χ2n) is 7.71. The van der Waals surface area contributed by atoms with Gasteiger partial charge in [-0.25, -0.2) is 9.55 Å². The van der Waals surface area contributed by atoms with E-state index in [9.17, 15) is 4.79 Å². The molecule has 0 saturated carbocycles. The Kier molecular flexibility index (Phi) is 5.06. The summed E-state index contributed by atoms with van der Waals surface area (Å²) in [6, 6.07) is 17.5. The highest BCUT2D eigenvalue weighted by Crippen LogP contribution is 2.31. The first kappa shape index (κ1) is 19.3. The summed E-state index contributed by atoms with van der Waals surface area (Å²) in [7, 11) is 2.19. The molecular formula is C23H22ClN4OS+. The first-order valence-electron chi connectivity index (χ1n) is 10.0. The summed E-state index contributed by atoms with van der Waals surface area (Å²) in [5, 5.41) is 4.73. The van der Waals surface area contributed by atoms with E-state index in [0.717, 1.165) is 41.0 Å². The van der Waals surface area contributed by atoms with Crippen LogP contribution < -0.4 is 15.8 Å². The Hall–Kier alpha value is -2.67. The van der Waals surface area contributed by atoms with Crippen molar-refractivity contribution in [2.75, 3.05) is 18.9 Å². The van der Waals surface area contributed by atoms with Gasteiger partial charge in [0.1, 0.15) is 11.4 Å². The van der Waals surface area contributed by atoms with Crippen molar-refractivity contribution in [2.24, 2.45) is 0 Å². The van der Waals surface area contributed by atoms with Crippen molar-refractivity contribution < 1.29 is 4.90 Å². The largest absolute Gasteiger partial charge is 0.351 e. The monoisotopic (exact) mass is 437 g/mol. The number of anilines is 1. The molecule has 5 rings (SSSR count). The van der Waals surface area contributed by atoms with Crippen LogP contribution in [0.2, 0.25) is 5.02 Å². The third-order valence-electron chi connectivity index (χ3n) is 5.53. The van der Waals surface area contributed by atoms with E-state index >= 15 is 0 Å². The van der Waals surface area contributed by atoms with Crippen molar-refractivity contribution in [3.8, 4) is 5.69 Å². The quantitative estimate of drug-likeness (QED) is 0.515. The van der Waals surface area contributed by atoms with E-state index in [2.05, 4.69) is 24.5 Å². The molecule has 1 aliphatic heterocycles. The summed E-state index contributed by atoms with van der Waals surface area (Å²) in [5.41, 5.74) is 2.98. The molecular weight excluding hydrogens is 416 g/mol. The SMILES string of the molecule is C[NH+]1CCc2c(sc3nc(NCc4ccccc4)n(-c4cccc(Cl)c4)c(=O)c23)C1. The van der Waals surface area contributed by atoms with Gasteiger partial charge in [-0.1, -0.05) is 48.0 Å². The van der Waals surface area contributed by atoms with Gasteiger partial charge in [-0.2, -0.15) is 0 Å². The minimum absolute atomic E-state index is 0.0325. The lowest BCUT2D eigenvalue weighted by atomic mass is 10.1. The molecule has 0 spiro atoms. The molecule has 0 aliphatic carbocycles. The lowest BCUT2D eigenvalue weighted by Crippen LogP contribution is -3.08. The van der Waals surface area contributed by atoms with Crippen LogP contribution in [0.15, 0.2) is 59.4 Å². The number of nitrogens with zero attached hydrogens (tertiary/aromatic N) is 2. The van der Waals surface area contributed by atoms with Gasteiger partial charge in [-0.05, 0) is 29.3 Å². The van der Waals surface area contributed by atoms with E-state index in [1.54, 1.807) is 22.0 Å². The predicted molar refractivity (Wildman–Crippen MR) is 123 cm³/mol. The summed E-state index contributed by atoms with van der Waals surface area (Å²) in [6.07, 6.45) is 0.907. The van der Waals surface area contributed by atoms with Gasteiger partial charge in [-0.15, -0.1) is 11.3 Å². The number of thiophene rings is 1. The van der Waals surface area contributed by atoms with Crippen LogP contribution in [-0.4, -0.2) is 23.1 Å². The van der Waals surface area contributed by atoms with Gasteiger partial charge in [0.25, 0.3) is 5.56 Å². The maximum absolute atomic E-state index is 13.7. The highest BCUT2D eigenvalue weighted by Gasteiger charge is 2.26. The molecule has 30 heavy (non-hydrogen) atoms. The molecule has 1 unspecified atom stereocenters. The molecule has 1 aliphatic rings. The van der Waals surface area contributed by atoms with Crippen LogP contribution in [0.5, 0.6) is 0 Å². The normalized spacial score (nSPS) is 15.9. The average Bonchev–Trinajstić information content (AvgIpc) is 3.10. The number of quaternary nitrogens is 1. The summed E-state index contributed by atoms with van der Waals surface area (Å²) < 4.78 is 1.66. The first-order chi connectivity index (χ1) is 14.6. The van der Waals surface area contributed by atoms with Crippen LogP contribution in [0.1, 0.15) is 16.0 Å². The lowest BCUT2D eigenvalue weighted by molar-refractivity contribution is -0.895. The van der Waals surface area contributed by atoms with Gasteiger partial charge in [-0.3, -0.25) is 4.79 Å². The predicted octanol–water partition coefficient (Wildman–Crippen LogP) is 3.28. The molecule has 3 heterocycles. The van der Waals surface area contributed by atoms with Crippen LogP contribution in [0.25, 0.3) is 15.9 Å². The second kappa shape index (κ2) is 7.87. The van der Waals surface area contributed by atoms with Crippen molar-refractivity contribution in [1.82, 2.24) is 9.55 Å². The van der Waals surface area contributed by atoms with Gasteiger partial charge >= 0.3 is 0 Å². The zero-order valence-electron chi connectivity index (χ0n) is 16.6. The number of hydrogen-bond acceptors (Lipinski definition) is 4. The number of benzene rings is 2. The second-order valence-corrected chi connectivity index (χ2v) is 9.23. The zero-order valence-corrected chi connectivity index (χ0v) is 18.2. The number of rotatable bonds is 4. The smallest absolute Gasteiger partial charge is 0.268 e. The van der Waals surface area contributed by atoms with Crippen LogP contribution >= 0.6 is 22.9 Å². The van der Waals surface area contributed by atoms with E-state index in [-0.39, 0.29) is 5.56 Å². The Labute approximate surface area is 183 Å². The van der Waals surface area contributed by atoms with E-state index in [1.807, 2.05) is 36.4 Å². The topological polar surface area (TPSA) is 51.4 Å². The van der Waals surface area contributed by atoms with E-state index in [1.165, 1.54) is 15.3 Å². The third-order valence-corrected chi connectivity index (χ3v) is 6.89. The molecule has 2 aromatic heterocycles. The number of aromatic nitrogens is 2. The molecule has 0 bridgehead atoms. The minimum Gasteiger partial charge on any atom is -0.351 e.